The Balaban J connectivity index is 1.23. The number of urea groups is 1. The molecule has 1 fully saturated rings. The Morgan fingerprint density at radius 2 is 1.89 bits per heavy atom. The van der Waals surface area contributed by atoms with Crippen molar-refractivity contribution in [1.29, 1.82) is 0 Å². The van der Waals surface area contributed by atoms with Gasteiger partial charge >= 0.3 is 6.03 Å². The van der Waals surface area contributed by atoms with E-state index in [2.05, 4.69) is 45.9 Å². The summed E-state index contributed by atoms with van der Waals surface area (Å²) in [5.41, 5.74) is 3.20. The molecule has 0 spiro atoms. The summed E-state index contributed by atoms with van der Waals surface area (Å²) in [6.07, 6.45) is 0.970. The molecule has 3 amide bonds. The van der Waals surface area contributed by atoms with E-state index >= 15 is 0 Å². The van der Waals surface area contributed by atoms with Crippen LogP contribution in [0.5, 0.6) is 0 Å². The van der Waals surface area contributed by atoms with E-state index in [0.29, 0.717) is 36.9 Å². The molecule has 3 heterocycles. The Hall–Kier alpha value is -2.87. The fraction of sp³-hybridized carbons (Fsp3) is 0.333. The lowest BCUT2D eigenvalue weighted by Gasteiger charge is -2.41. The van der Waals surface area contributed by atoms with Gasteiger partial charge in [-0.2, -0.15) is 0 Å². The van der Waals surface area contributed by atoms with E-state index in [1.807, 2.05) is 24.0 Å². The van der Waals surface area contributed by atoms with Gasteiger partial charge in [-0.3, -0.25) is 9.69 Å². The van der Waals surface area contributed by atoms with E-state index in [9.17, 15) is 9.59 Å². The number of carbonyl (C=O) groups is 2. The first-order valence-corrected chi connectivity index (χ1v) is 13.2. The second-order valence-corrected chi connectivity index (χ2v) is 10.6. The van der Waals surface area contributed by atoms with Crippen LogP contribution in [0.15, 0.2) is 66.0 Å². The fourth-order valence-corrected chi connectivity index (χ4v) is 6.18. The molecule has 2 atom stereocenters. The van der Waals surface area contributed by atoms with Gasteiger partial charge in [-0.05, 0) is 54.1 Å². The van der Waals surface area contributed by atoms with Gasteiger partial charge in [-0.15, -0.1) is 11.3 Å². The van der Waals surface area contributed by atoms with Gasteiger partial charge in [0.1, 0.15) is 0 Å². The zero-order valence-electron chi connectivity index (χ0n) is 19.7. The van der Waals surface area contributed by atoms with Gasteiger partial charge in [0.2, 0.25) is 5.91 Å². The predicted molar refractivity (Wildman–Crippen MR) is 141 cm³/mol. The van der Waals surface area contributed by atoms with Crippen LogP contribution in [0.2, 0.25) is 5.02 Å². The van der Waals surface area contributed by atoms with Gasteiger partial charge in [0.25, 0.3) is 0 Å². The van der Waals surface area contributed by atoms with Crippen LogP contribution < -0.4 is 5.32 Å². The molecule has 0 radical (unpaired) electrons. The summed E-state index contributed by atoms with van der Waals surface area (Å²) in [7, 11) is 0. The fourth-order valence-electron chi connectivity index (χ4n) is 5.09. The van der Waals surface area contributed by atoms with Crippen molar-refractivity contribution in [3.05, 3.63) is 87.1 Å². The van der Waals surface area contributed by atoms with Crippen LogP contribution in [0.4, 0.5) is 10.5 Å². The highest BCUT2D eigenvalue weighted by atomic mass is 35.5. The Morgan fingerprint density at radius 1 is 1.06 bits per heavy atom. The van der Waals surface area contributed by atoms with Gasteiger partial charge < -0.3 is 15.1 Å². The number of benzene rings is 2. The van der Waals surface area contributed by atoms with E-state index in [4.69, 9.17) is 11.6 Å². The Labute approximate surface area is 215 Å². The maximum atomic E-state index is 13.4. The number of piperazine rings is 1. The summed E-state index contributed by atoms with van der Waals surface area (Å²) in [5, 5.41) is 5.65. The highest BCUT2D eigenvalue weighted by Crippen LogP contribution is 2.37. The van der Waals surface area contributed by atoms with Crippen LogP contribution >= 0.6 is 22.9 Å². The molecule has 3 aromatic rings. The normalized spacial score (nSPS) is 20.4. The van der Waals surface area contributed by atoms with Crippen LogP contribution in [0.3, 0.4) is 0 Å². The molecule has 0 saturated carbocycles. The molecule has 0 bridgehead atoms. The van der Waals surface area contributed by atoms with Crippen molar-refractivity contribution in [2.24, 2.45) is 0 Å². The van der Waals surface area contributed by atoms with Gasteiger partial charge in [0, 0.05) is 47.8 Å². The predicted octanol–water partition coefficient (Wildman–Crippen LogP) is 5.11. The molecule has 2 unspecified atom stereocenters. The molecule has 0 aliphatic carbocycles. The van der Waals surface area contributed by atoms with Crippen LogP contribution in [0, 0.1) is 0 Å². The van der Waals surface area contributed by atoms with Crippen molar-refractivity contribution >= 4 is 40.6 Å². The molecule has 8 heteroatoms. The zero-order valence-corrected chi connectivity index (χ0v) is 21.3. The lowest BCUT2D eigenvalue weighted by atomic mass is 9.93. The molecule has 6 nitrogen and oxygen atoms in total. The summed E-state index contributed by atoms with van der Waals surface area (Å²) in [6, 6.07) is 19.6. The van der Waals surface area contributed by atoms with Gasteiger partial charge in [-0.1, -0.05) is 48.0 Å². The van der Waals surface area contributed by atoms with Crippen molar-refractivity contribution in [2.45, 2.75) is 25.4 Å². The highest BCUT2D eigenvalue weighted by Gasteiger charge is 2.34. The molecule has 35 heavy (non-hydrogen) atoms. The molecule has 5 rings (SSSR count). The minimum atomic E-state index is -0.169. The van der Waals surface area contributed by atoms with Crippen LogP contribution in [-0.2, 0) is 11.2 Å². The van der Waals surface area contributed by atoms with Crippen molar-refractivity contribution in [3.63, 3.8) is 0 Å². The van der Waals surface area contributed by atoms with Crippen LogP contribution in [0.25, 0.3) is 0 Å². The van der Waals surface area contributed by atoms with Crippen LogP contribution in [0.1, 0.15) is 29.0 Å². The Morgan fingerprint density at radius 3 is 2.66 bits per heavy atom. The third kappa shape index (κ3) is 5.22. The Bertz CT molecular complexity index is 1200. The smallest absolute Gasteiger partial charge is 0.322 e. The van der Waals surface area contributed by atoms with Crippen molar-refractivity contribution < 1.29 is 9.59 Å². The number of fused-ring (bicyclic) bond motifs is 1. The van der Waals surface area contributed by atoms with Gasteiger partial charge in [-0.25, -0.2) is 4.79 Å². The third-order valence-corrected chi connectivity index (χ3v) is 8.07. The Kier molecular flexibility index (Phi) is 7.09. The van der Waals surface area contributed by atoms with Crippen molar-refractivity contribution in [2.75, 3.05) is 38.0 Å². The van der Waals surface area contributed by atoms with Crippen LogP contribution in [-0.4, -0.2) is 65.4 Å². The summed E-state index contributed by atoms with van der Waals surface area (Å²) >= 11 is 7.84. The number of rotatable bonds is 4. The number of amides is 3. The number of nitrogens with zero attached hydrogens (tertiary/aromatic N) is 3. The maximum absolute atomic E-state index is 13.4. The van der Waals surface area contributed by atoms with E-state index < -0.39 is 0 Å². The summed E-state index contributed by atoms with van der Waals surface area (Å²) in [4.78, 5) is 33.6. The molecule has 1 aromatic heterocycles. The maximum Gasteiger partial charge on any atom is 0.322 e. The SMILES string of the molecule is CC1CN(C(=O)CN2CCc3sccc3C2c2ccccc2)CCN1C(=O)Nc1cccc(Cl)c1. The van der Waals surface area contributed by atoms with Gasteiger partial charge in [0.15, 0.2) is 0 Å². The molecule has 2 aliphatic heterocycles. The molecule has 2 aliphatic rings. The number of hydrogen-bond acceptors (Lipinski definition) is 4. The van der Waals surface area contributed by atoms with E-state index in [-0.39, 0.29) is 24.0 Å². The molecular formula is C27H29ClN4O2S. The summed E-state index contributed by atoms with van der Waals surface area (Å²) in [5.74, 6) is 0.117. The third-order valence-electron chi connectivity index (χ3n) is 6.84. The lowest BCUT2D eigenvalue weighted by molar-refractivity contribution is -0.135. The second kappa shape index (κ2) is 10.4. The van der Waals surface area contributed by atoms with Gasteiger partial charge in [0.05, 0.1) is 12.6 Å². The topological polar surface area (TPSA) is 55.9 Å². The monoisotopic (exact) mass is 508 g/mol. The number of halogens is 1. The van der Waals surface area contributed by atoms with E-state index in [0.717, 1.165) is 13.0 Å². The minimum Gasteiger partial charge on any atom is -0.338 e. The zero-order chi connectivity index (χ0) is 24.4. The number of anilines is 1. The van der Waals surface area contributed by atoms with Crippen molar-refractivity contribution in [1.82, 2.24) is 14.7 Å². The summed E-state index contributed by atoms with van der Waals surface area (Å²) in [6.45, 7) is 4.76. The lowest BCUT2D eigenvalue weighted by Crippen LogP contribution is -2.58. The molecule has 182 valence electrons. The number of carbonyl (C=O) groups excluding carboxylic acids is 2. The largest absolute Gasteiger partial charge is 0.338 e. The minimum absolute atomic E-state index is 0.0818. The number of hydrogen-bond donors (Lipinski definition) is 1. The molecule has 2 aromatic carbocycles. The molecule has 1 N–H and O–H groups in total. The first-order chi connectivity index (χ1) is 17.0. The average molecular weight is 509 g/mol. The standard InChI is InChI=1S/C27H29ClN4O2S/c1-19-17-30(13-14-32(19)27(34)29-22-9-5-8-21(28)16-22)25(33)18-31-12-10-24-23(11-15-35-24)26(31)20-6-3-2-4-7-20/h2-9,11,15-16,19,26H,10,12-14,17-18H2,1H3,(H,29,34). The van der Waals surface area contributed by atoms with E-state index in [1.54, 1.807) is 34.4 Å². The first kappa shape index (κ1) is 23.9. The summed E-state index contributed by atoms with van der Waals surface area (Å²) < 4.78 is 0. The quantitative estimate of drug-likeness (QED) is 0.532. The first-order valence-electron chi connectivity index (χ1n) is 12.0. The van der Waals surface area contributed by atoms with E-state index in [1.165, 1.54) is 16.0 Å². The number of thiophene rings is 1. The number of nitrogens with one attached hydrogen (secondary N) is 1. The molecular weight excluding hydrogens is 480 g/mol. The van der Waals surface area contributed by atoms with Crippen molar-refractivity contribution in [3.8, 4) is 0 Å². The second-order valence-electron chi connectivity index (χ2n) is 9.16. The highest BCUT2D eigenvalue weighted by molar-refractivity contribution is 7.10. The molecule has 1 saturated heterocycles. The average Bonchev–Trinajstić information content (AvgIpc) is 3.33.